The molecule has 0 spiro atoms. The van der Waals surface area contributed by atoms with Crippen LogP contribution in [-0.4, -0.2) is 35.6 Å². The van der Waals surface area contributed by atoms with E-state index in [1.807, 2.05) is 0 Å². The average Bonchev–Trinajstić information content (AvgIpc) is 3.02. The van der Waals surface area contributed by atoms with Crippen LogP contribution in [0.3, 0.4) is 0 Å². The van der Waals surface area contributed by atoms with Gasteiger partial charge >= 0.3 is 11.9 Å². The molecule has 266 valence electrons. The van der Waals surface area contributed by atoms with Crippen molar-refractivity contribution in [2.24, 2.45) is 0 Å². The summed E-state index contributed by atoms with van der Waals surface area (Å²) in [4.78, 5) is 34.8. The zero-order valence-electron chi connectivity index (χ0n) is 30.0. The van der Waals surface area contributed by atoms with Crippen LogP contribution in [0.2, 0.25) is 0 Å². The molecule has 0 aromatic carbocycles. The lowest BCUT2D eigenvalue weighted by Crippen LogP contribution is -2.28. The van der Waals surface area contributed by atoms with Crippen molar-refractivity contribution in [3.8, 4) is 0 Å². The standard InChI is InChI=1S/C39H75NO5/c1-3-5-7-9-11-12-13-14-15-16-17-18-19-20-21-26-30-34-39(44)45-36(31-27-23-10-8-6-4-2)32-28-24-22-25-29-33-37(41)40-35-38(42)43/h36H,3-35H2,1-2H3,(H,40,41)(H,42,43). The minimum absolute atomic E-state index is 0.0145. The van der Waals surface area contributed by atoms with Gasteiger partial charge in [0.2, 0.25) is 5.91 Å². The molecule has 6 nitrogen and oxygen atoms in total. The van der Waals surface area contributed by atoms with Crippen LogP contribution < -0.4 is 5.32 Å². The first-order chi connectivity index (χ1) is 22.0. The van der Waals surface area contributed by atoms with E-state index in [1.54, 1.807) is 0 Å². The van der Waals surface area contributed by atoms with Crippen LogP contribution in [0.4, 0.5) is 0 Å². The second kappa shape index (κ2) is 35.3. The minimum atomic E-state index is -1.01. The Morgan fingerprint density at radius 3 is 1.20 bits per heavy atom. The molecular weight excluding hydrogens is 562 g/mol. The van der Waals surface area contributed by atoms with Crippen LogP contribution in [0.25, 0.3) is 0 Å². The Morgan fingerprint density at radius 2 is 0.822 bits per heavy atom. The highest BCUT2D eigenvalue weighted by molar-refractivity contribution is 5.80. The van der Waals surface area contributed by atoms with Gasteiger partial charge in [0.15, 0.2) is 0 Å². The Hall–Kier alpha value is -1.59. The monoisotopic (exact) mass is 638 g/mol. The Labute approximate surface area is 279 Å². The van der Waals surface area contributed by atoms with E-state index in [2.05, 4.69) is 19.2 Å². The highest BCUT2D eigenvalue weighted by Crippen LogP contribution is 2.19. The molecule has 0 saturated carbocycles. The van der Waals surface area contributed by atoms with Crippen molar-refractivity contribution in [1.82, 2.24) is 5.32 Å². The highest BCUT2D eigenvalue weighted by atomic mass is 16.5. The van der Waals surface area contributed by atoms with Crippen LogP contribution in [-0.2, 0) is 19.1 Å². The summed E-state index contributed by atoms with van der Waals surface area (Å²) in [5, 5.41) is 11.0. The summed E-state index contributed by atoms with van der Waals surface area (Å²) in [6, 6.07) is 0. The average molecular weight is 638 g/mol. The summed E-state index contributed by atoms with van der Waals surface area (Å²) in [5.41, 5.74) is 0. The Balaban J connectivity index is 3.91. The van der Waals surface area contributed by atoms with E-state index in [0.717, 1.165) is 64.2 Å². The van der Waals surface area contributed by atoms with Gasteiger partial charge in [-0.05, 0) is 38.5 Å². The molecule has 0 bridgehead atoms. The van der Waals surface area contributed by atoms with Crippen LogP contribution in [0.1, 0.15) is 219 Å². The zero-order valence-corrected chi connectivity index (χ0v) is 30.0. The molecule has 0 rings (SSSR count). The van der Waals surface area contributed by atoms with Gasteiger partial charge in [-0.1, -0.05) is 168 Å². The summed E-state index contributed by atoms with van der Waals surface area (Å²) in [6.45, 7) is 4.21. The zero-order chi connectivity index (χ0) is 33.1. The van der Waals surface area contributed by atoms with Crippen LogP contribution in [0.5, 0.6) is 0 Å². The molecule has 0 heterocycles. The molecule has 0 aliphatic heterocycles. The molecular formula is C39H75NO5. The Kier molecular flexibility index (Phi) is 34.0. The van der Waals surface area contributed by atoms with Gasteiger partial charge in [0.05, 0.1) is 0 Å². The molecule has 0 aliphatic carbocycles. The maximum atomic E-state index is 12.6. The number of nitrogens with one attached hydrogen (secondary N) is 1. The fourth-order valence-corrected chi connectivity index (χ4v) is 6.10. The fourth-order valence-electron chi connectivity index (χ4n) is 6.10. The van der Waals surface area contributed by atoms with Gasteiger partial charge in [-0.25, -0.2) is 0 Å². The van der Waals surface area contributed by atoms with Crippen molar-refractivity contribution >= 4 is 17.8 Å². The summed E-state index contributed by atoms with van der Waals surface area (Å²) in [5.74, 6) is -1.22. The summed E-state index contributed by atoms with van der Waals surface area (Å²) < 4.78 is 5.97. The smallest absolute Gasteiger partial charge is 0.322 e. The number of hydrogen-bond acceptors (Lipinski definition) is 4. The lowest BCUT2D eigenvalue weighted by Gasteiger charge is -2.18. The molecule has 0 aromatic heterocycles. The van der Waals surface area contributed by atoms with Crippen molar-refractivity contribution in [1.29, 1.82) is 0 Å². The summed E-state index contributed by atoms with van der Waals surface area (Å²) in [7, 11) is 0. The number of hydrogen-bond donors (Lipinski definition) is 2. The van der Waals surface area contributed by atoms with E-state index in [9.17, 15) is 14.4 Å². The molecule has 1 amide bonds. The van der Waals surface area contributed by atoms with E-state index in [4.69, 9.17) is 9.84 Å². The number of unbranched alkanes of at least 4 members (excludes halogenated alkanes) is 25. The number of rotatable bonds is 36. The van der Waals surface area contributed by atoms with E-state index >= 15 is 0 Å². The molecule has 1 unspecified atom stereocenters. The second-order valence-electron chi connectivity index (χ2n) is 13.6. The lowest BCUT2D eigenvalue weighted by molar-refractivity contribution is -0.150. The van der Waals surface area contributed by atoms with Crippen LogP contribution in [0.15, 0.2) is 0 Å². The van der Waals surface area contributed by atoms with Gasteiger partial charge in [-0.2, -0.15) is 0 Å². The molecule has 2 N–H and O–H groups in total. The van der Waals surface area contributed by atoms with Crippen molar-refractivity contribution in [2.45, 2.75) is 225 Å². The van der Waals surface area contributed by atoms with Crippen LogP contribution in [0, 0.1) is 0 Å². The van der Waals surface area contributed by atoms with Crippen molar-refractivity contribution in [3.63, 3.8) is 0 Å². The van der Waals surface area contributed by atoms with Crippen molar-refractivity contribution in [3.05, 3.63) is 0 Å². The van der Waals surface area contributed by atoms with E-state index < -0.39 is 5.97 Å². The Morgan fingerprint density at radius 1 is 0.489 bits per heavy atom. The summed E-state index contributed by atoms with van der Waals surface area (Å²) >= 11 is 0. The maximum Gasteiger partial charge on any atom is 0.322 e. The number of aliphatic carboxylic acids is 1. The molecule has 6 heteroatoms. The topological polar surface area (TPSA) is 92.7 Å². The van der Waals surface area contributed by atoms with Crippen molar-refractivity contribution in [2.75, 3.05) is 6.54 Å². The van der Waals surface area contributed by atoms with E-state index in [1.165, 1.54) is 128 Å². The molecule has 0 fully saturated rings. The minimum Gasteiger partial charge on any atom is -0.480 e. The molecule has 0 saturated heterocycles. The molecule has 0 aromatic rings. The number of amides is 1. The normalized spacial score (nSPS) is 11.9. The van der Waals surface area contributed by atoms with Crippen molar-refractivity contribution < 1.29 is 24.2 Å². The fraction of sp³-hybridized carbons (Fsp3) is 0.923. The third kappa shape index (κ3) is 35.1. The predicted molar refractivity (Wildman–Crippen MR) is 190 cm³/mol. The first-order valence-electron chi connectivity index (χ1n) is 19.7. The quantitative estimate of drug-likeness (QED) is 0.0526. The first kappa shape index (κ1) is 43.4. The highest BCUT2D eigenvalue weighted by Gasteiger charge is 2.14. The molecule has 0 radical (unpaired) electrons. The largest absolute Gasteiger partial charge is 0.480 e. The molecule has 0 aliphatic rings. The first-order valence-corrected chi connectivity index (χ1v) is 19.7. The SMILES string of the molecule is CCCCCCCCCCCCCCCCCCCC(=O)OC(CCCCCCCC)CCCCCCCC(=O)NCC(=O)O. The van der Waals surface area contributed by atoms with Gasteiger partial charge in [-0.3, -0.25) is 14.4 Å². The second-order valence-corrected chi connectivity index (χ2v) is 13.6. The van der Waals surface area contributed by atoms with E-state index in [-0.39, 0.29) is 24.5 Å². The van der Waals surface area contributed by atoms with Crippen LogP contribution >= 0.6 is 0 Å². The number of carboxylic acid groups (broad SMARTS) is 1. The maximum absolute atomic E-state index is 12.6. The molecule has 45 heavy (non-hydrogen) atoms. The van der Waals surface area contributed by atoms with E-state index in [0.29, 0.717) is 12.8 Å². The van der Waals surface area contributed by atoms with Gasteiger partial charge in [0.25, 0.3) is 0 Å². The number of esters is 1. The third-order valence-corrected chi connectivity index (χ3v) is 9.03. The predicted octanol–water partition coefficient (Wildman–Crippen LogP) is 11.6. The lowest BCUT2D eigenvalue weighted by atomic mass is 10.0. The third-order valence-electron chi connectivity index (χ3n) is 9.03. The number of carbonyl (C=O) groups excluding carboxylic acids is 2. The van der Waals surface area contributed by atoms with Gasteiger partial charge in [0, 0.05) is 12.8 Å². The molecule has 1 atom stereocenters. The number of carboxylic acids is 1. The van der Waals surface area contributed by atoms with Gasteiger partial charge < -0.3 is 15.2 Å². The Bertz CT molecular complexity index is 668. The number of ether oxygens (including phenoxy) is 1. The summed E-state index contributed by atoms with van der Waals surface area (Å²) in [6.07, 6.45) is 38.1. The van der Waals surface area contributed by atoms with Gasteiger partial charge in [0.1, 0.15) is 12.6 Å². The number of carbonyl (C=O) groups is 3. The van der Waals surface area contributed by atoms with Gasteiger partial charge in [-0.15, -0.1) is 0 Å².